The average Bonchev–Trinajstić information content (AvgIpc) is 2.36. The highest BCUT2D eigenvalue weighted by molar-refractivity contribution is 5.73. The van der Waals surface area contributed by atoms with Crippen LogP contribution in [0.15, 0.2) is 30.3 Å². The van der Waals surface area contributed by atoms with Gasteiger partial charge in [0.2, 0.25) is 0 Å². The number of benzene rings is 1. The summed E-state index contributed by atoms with van der Waals surface area (Å²) in [6, 6.07) is 8.71. The minimum Gasteiger partial charge on any atom is -0.480 e. The Morgan fingerprint density at radius 1 is 1.41 bits per heavy atom. The summed E-state index contributed by atoms with van der Waals surface area (Å²) in [6.45, 7) is 3.45. The molecule has 0 radical (unpaired) electrons. The van der Waals surface area contributed by atoms with E-state index in [9.17, 15) is 9.90 Å². The summed E-state index contributed by atoms with van der Waals surface area (Å²) in [5.74, 6) is -0.900. The van der Waals surface area contributed by atoms with Gasteiger partial charge >= 0.3 is 5.97 Å². The first-order chi connectivity index (χ1) is 8.03. The number of aliphatic carboxylic acids is 1. The molecule has 17 heavy (non-hydrogen) atoms. The highest BCUT2D eigenvalue weighted by Gasteiger charge is 2.30. The van der Waals surface area contributed by atoms with E-state index in [1.165, 1.54) is 0 Å². The third-order valence-corrected chi connectivity index (χ3v) is 2.93. The molecule has 0 aromatic heterocycles. The lowest BCUT2D eigenvalue weighted by atomic mass is 9.91. The van der Waals surface area contributed by atoms with Gasteiger partial charge in [-0.1, -0.05) is 37.3 Å². The summed E-state index contributed by atoms with van der Waals surface area (Å²) in [5, 5.41) is 21.5. The Bertz CT molecular complexity index is 366. The first kappa shape index (κ1) is 13.7. The van der Waals surface area contributed by atoms with Gasteiger partial charge in [-0.15, -0.1) is 0 Å². The molecule has 0 amide bonds. The third-order valence-electron chi connectivity index (χ3n) is 2.93. The van der Waals surface area contributed by atoms with Crippen LogP contribution in [0.3, 0.4) is 0 Å². The minimum absolute atomic E-state index is 0.152. The lowest BCUT2D eigenvalue weighted by Crippen LogP contribution is -2.51. The zero-order valence-electron chi connectivity index (χ0n) is 10.2. The van der Waals surface area contributed by atoms with Gasteiger partial charge in [0.15, 0.2) is 0 Å². The van der Waals surface area contributed by atoms with E-state index in [-0.39, 0.29) is 6.61 Å². The van der Waals surface area contributed by atoms with Crippen molar-refractivity contribution in [1.82, 2.24) is 5.32 Å². The van der Waals surface area contributed by atoms with Gasteiger partial charge in [-0.3, -0.25) is 10.1 Å². The number of nitrogens with one attached hydrogen (secondary N) is 1. The molecule has 2 atom stereocenters. The Balaban J connectivity index is 2.93. The molecular formula is C13H19NO3. The van der Waals surface area contributed by atoms with Gasteiger partial charge in [-0.05, 0) is 18.9 Å². The molecule has 0 aliphatic heterocycles. The second-order valence-corrected chi connectivity index (χ2v) is 4.30. The zero-order valence-corrected chi connectivity index (χ0v) is 10.2. The SMILES string of the molecule is CCC(NC(C)(CO)c1ccccc1)C(=O)O. The van der Waals surface area contributed by atoms with Crippen LogP contribution in [0.2, 0.25) is 0 Å². The number of carbonyl (C=O) groups is 1. The van der Waals surface area contributed by atoms with E-state index in [1.807, 2.05) is 30.3 Å². The summed E-state index contributed by atoms with van der Waals surface area (Å²) < 4.78 is 0. The second kappa shape index (κ2) is 5.80. The van der Waals surface area contributed by atoms with Crippen molar-refractivity contribution in [1.29, 1.82) is 0 Å². The standard InChI is InChI=1S/C13H19NO3/c1-3-11(12(16)17)14-13(2,9-15)10-7-5-4-6-8-10/h4-8,11,14-15H,3,9H2,1-2H3,(H,16,17). The molecule has 0 fully saturated rings. The molecule has 0 spiro atoms. The van der Waals surface area contributed by atoms with Crippen LogP contribution in [0.1, 0.15) is 25.8 Å². The molecule has 4 heteroatoms. The maximum atomic E-state index is 11.0. The van der Waals surface area contributed by atoms with Gasteiger partial charge in [-0.25, -0.2) is 0 Å². The first-order valence-electron chi connectivity index (χ1n) is 5.70. The normalized spacial score (nSPS) is 16.2. The van der Waals surface area contributed by atoms with E-state index < -0.39 is 17.6 Å². The van der Waals surface area contributed by atoms with Crippen LogP contribution in [0.4, 0.5) is 0 Å². The molecule has 1 aromatic rings. The number of carboxylic acid groups (broad SMARTS) is 1. The minimum atomic E-state index is -0.900. The number of carboxylic acids is 1. The van der Waals surface area contributed by atoms with Crippen LogP contribution in [0.5, 0.6) is 0 Å². The molecule has 0 aliphatic carbocycles. The Labute approximate surface area is 101 Å². The number of rotatable bonds is 6. The predicted octanol–water partition coefficient (Wildman–Crippen LogP) is 1.35. The maximum absolute atomic E-state index is 11.0. The molecule has 4 nitrogen and oxygen atoms in total. The van der Waals surface area contributed by atoms with Crippen molar-refractivity contribution in [2.24, 2.45) is 0 Å². The summed E-state index contributed by atoms with van der Waals surface area (Å²) in [4.78, 5) is 11.0. The van der Waals surface area contributed by atoms with E-state index in [4.69, 9.17) is 5.11 Å². The summed E-state index contributed by atoms with van der Waals surface area (Å²) in [7, 11) is 0. The molecule has 0 heterocycles. The first-order valence-corrected chi connectivity index (χ1v) is 5.70. The van der Waals surface area contributed by atoms with Crippen molar-refractivity contribution in [3.05, 3.63) is 35.9 Å². The zero-order chi connectivity index (χ0) is 12.9. The smallest absolute Gasteiger partial charge is 0.320 e. The monoisotopic (exact) mass is 237 g/mol. The van der Waals surface area contributed by atoms with Crippen molar-refractivity contribution < 1.29 is 15.0 Å². The Morgan fingerprint density at radius 3 is 2.41 bits per heavy atom. The number of hydrogen-bond donors (Lipinski definition) is 3. The lowest BCUT2D eigenvalue weighted by Gasteiger charge is -2.32. The molecule has 3 N–H and O–H groups in total. The van der Waals surface area contributed by atoms with Crippen molar-refractivity contribution in [2.75, 3.05) is 6.61 Å². The van der Waals surface area contributed by atoms with Gasteiger partial charge in [0.1, 0.15) is 6.04 Å². The lowest BCUT2D eigenvalue weighted by molar-refractivity contribution is -0.140. The van der Waals surface area contributed by atoms with E-state index in [2.05, 4.69) is 5.32 Å². The molecule has 0 bridgehead atoms. The van der Waals surface area contributed by atoms with Crippen molar-refractivity contribution in [3.8, 4) is 0 Å². The number of aliphatic hydroxyl groups is 1. The van der Waals surface area contributed by atoms with E-state index >= 15 is 0 Å². The fourth-order valence-electron chi connectivity index (χ4n) is 1.75. The van der Waals surface area contributed by atoms with Crippen LogP contribution in [0.25, 0.3) is 0 Å². The van der Waals surface area contributed by atoms with E-state index in [1.54, 1.807) is 13.8 Å². The third kappa shape index (κ3) is 3.28. The van der Waals surface area contributed by atoms with Gasteiger partial charge in [0.25, 0.3) is 0 Å². The Morgan fingerprint density at radius 2 is 2.00 bits per heavy atom. The molecule has 1 aromatic carbocycles. The van der Waals surface area contributed by atoms with E-state index in [0.717, 1.165) is 5.56 Å². The van der Waals surface area contributed by atoms with Gasteiger partial charge in [0.05, 0.1) is 12.1 Å². The summed E-state index contributed by atoms with van der Waals surface area (Å²) in [6.07, 6.45) is 0.470. The van der Waals surface area contributed by atoms with Crippen LogP contribution in [0, 0.1) is 0 Å². The Hall–Kier alpha value is -1.39. The fraction of sp³-hybridized carbons (Fsp3) is 0.462. The van der Waals surface area contributed by atoms with Crippen LogP contribution in [-0.2, 0) is 10.3 Å². The Kier molecular flexibility index (Phi) is 4.66. The van der Waals surface area contributed by atoms with Gasteiger partial charge < -0.3 is 10.2 Å². The highest BCUT2D eigenvalue weighted by atomic mass is 16.4. The molecule has 0 saturated carbocycles. The van der Waals surface area contributed by atoms with Gasteiger partial charge in [0, 0.05) is 0 Å². The van der Waals surface area contributed by atoms with Gasteiger partial charge in [-0.2, -0.15) is 0 Å². The largest absolute Gasteiger partial charge is 0.480 e. The molecule has 0 aliphatic rings. The molecule has 0 saturated heterocycles. The molecule has 2 unspecified atom stereocenters. The van der Waals surface area contributed by atoms with Crippen molar-refractivity contribution in [2.45, 2.75) is 31.8 Å². The molecular weight excluding hydrogens is 218 g/mol. The van der Waals surface area contributed by atoms with Crippen LogP contribution in [-0.4, -0.2) is 28.8 Å². The van der Waals surface area contributed by atoms with Crippen LogP contribution >= 0.6 is 0 Å². The van der Waals surface area contributed by atoms with Crippen molar-refractivity contribution >= 4 is 5.97 Å². The van der Waals surface area contributed by atoms with Crippen molar-refractivity contribution in [3.63, 3.8) is 0 Å². The highest BCUT2D eigenvalue weighted by Crippen LogP contribution is 2.21. The topological polar surface area (TPSA) is 69.6 Å². The average molecular weight is 237 g/mol. The fourth-order valence-corrected chi connectivity index (χ4v) is 1.75. The quantitative estimate of drug-likeness (QED) is 0.698. The maximum Gasteiger partial charge on any atom is 0.320 e. The second-order valence-electron chi connectivity index (χ2n) is 4.30. The predicted molar refractivity (Wildman–Crippen MR) is 65.7 cm³/mol. The van der Waals surface area contributed by atoms with Crippen LogP contribution < -0.4 is 5.32 Å². The number of aliphatic hydroxyl groups excluding tert-OH is 1. The molecule has 1 rings (SSSR count). The number of hydrogen-bond acceptors (Lipinski definition) is 3. The molecule has 94 valence electrons. The van der Waals surface area contributed by atoms with E-state index in [0.29, 0.717) is 6.42 Å². The summed E-state index contributed by atoms with van der Waals surface area (Å²) in [5.41, 5.74) is 0.141. The summed E-state index contributed by atoms with van der Waals surface area (Å²) >= 11 is 0.